The van der Waals surface area contributed by atoms with E-state index in [4.69, 9.17) is 9.47 Å². The number of β-amino-alcohol motifs (C(OH)–C–C–N with tert-alkyl or cyclic N) is 2. The first kappa shape index (κ1) is 26.2. The summed E-state index contributed by atoms with van der Waals surface area (Å²) in [6, 6.07) is 2.23. The van der Waals surface area contributed by atoms with Gasteiger partial charge in [-0.05, 0) is 56.2 Å². The zero-order valence-electron chi connectivity index (χ0n) is 21.0. The van der Waals surface area contributed by atoms with Gasteiger partial charge < -0.3 is 29.5 Å². The van der Waals surface area contributed by atoms with E-state index in [9.17, 15) is 28.6 Å². The smallest absolute Gasteiger partial charge is 0.410 e. The molecule has 12 heteroatoms. The molecule has 1 aromatic carbocycles. The fraction of sp³-hybridized carbons (Fsp3) is 0.538. The van der Waals surface area contributed by atoms with Gasteiger partial charge in [0.2, 0.25) is 5.82 Å². The van der Waals surface area contributed by atoms with Gasteiger partial charge in [-0.2, -0.15) is 0 Å². The van der Waals surface area contributed by atoms with Crippen molar-refractivity contribution in [2.75, 3.05) is 32.8 Å². The van der Waals surface area contributed by atoms with Crippen LogP contribution in [0.5, 0.6) is 5.75 Å². The summed E-state index contributed by atoms with van der Waals surface area (Å²) in [7, 11) is 0. The highest BCUT2D eigenvalue weighted by atomic mass is 19.1. The number of hydrogen-bond acceptors (Lipinski definition) is 8. The number of halogens is 2. The van der Waals surface area contributed by atoms with E-state index < -0.39 is 35.5 Å². The Morgan fingerprint density at radius 3 is 2.13 bits per heavy atom. The van der Waals surface area contributed by atoms with Crippen LogP contribution in [-0.2, 0) is 4.74 Å². The van der Waals surface area contributed by atoms with Crippen LogP contribution < -0.4 is 4.74 Å². The molecule has 3 heterocycles. The first-order valence-electron chi connectivity index (χ1n) is 12.7. The maximum absolute atomic E-state index is 14.8. The maximum Gasteiger partial charge on any atom is 0.410 e. The maximum atomic E-state index is 14.8. The van der Waals surface area contributed by atoms with Gasteiger partial charge in [0.05, 0.1) is 18.8 Å². The molecule has 10 nitrogen and oxygen atoms in total. The lowest BCUT2D eigenvalue weighted by atomic mass is 9.98. The molecule has 3 fully saturated rings. The number of rotatable bonds is 6. The Balaban J connectivity index is 1.16. The quantitative estimate of drug-likeness (QED) is 0.581. The standard InChI is InChI=1S/C26H30F2N4O6/c1-26(4-5-26)38-25(36)31-6-2-15(3-7-31)14-37-22-18(27)8-16(9-19(22)28)17-10-29-23(30-11-17)24(35)32-12-20(33)21(34)13-32/h8-11,15,20-21,33-34H,2-7,12-14H2,1H3. The summed E-state index contributed by atoms with van der Waals surface area (Å²) in [5.74, 6) is -2.90. The van der Waals surface area contributed by atoms with Crippen LogP contribution in [0, 0.1) is 17.6 Å². The van der Waals surface area contributed by atoms with E-state index in [1.165, 1.54) is 17.3 Å². The van der Waals surface area contributed by atoms with Gasteiger partial charge in [0.25, 0.3) is 5.91 Å². The number of aliphatic hydroxyl groups is 2. The third-order valence-corrected chi connectivity index (χ3v) is 7.34. The van der Waals surface area contributed by atoms with Crippen molar-refractivity contribution in [1.29, 1.82) is 0 Å². The molecule has 1 aliphatic carbocycles. The van der Waals surface area contributed by atoms with Crippen molar-refractivity contribution in [3.63, 3.8) is 0 Å². The second-order valence-electron chi connectivity index (χ2n) is 10.5. The first-order valence-corrected chi connectivity index (χ1v) is 12.7. The third-order valence-electron chi connectivity index (χ3n) is 7.34. The molecule has 2 N–H and O–H groups in total. The van der Waals surface area contributed by atoms with Crippen LogP contribution in [0.2, 0.25) is 0 Å². The Kier molecular flexibility index (Phi) is 7.19. The number of carbonyl (C=O) groups excluding carboxylic acids is 2. The van der Waals surface area contributed by atoms with E-state index in [1.807, 2.05) is 6.92 Å². The number of aliphatic hydroxyl groups excluding tert-OH is 2. The second-order valence-corrected chi connectivity index (χ2v) is 10.5. The summed E-state index contributed by atoms with van der Waals surface area (Å²) in [5.41, 5.74) is 0.146. The molecule has 2 atom stereocenters. The largest absolute Gasteiger partial charge is 0.487 e. The van der Waals surface area contributed by atoms with Gasteiger partial charge in [-0.25, -0.2) is 23.5 Å². The van der Waals surface area contributed by atoms with Crippen molar-refractivity contribution in [1.82, 2.24) is 19.8 Å². The lowest BCUT2D eigenvalue weighted by molar-refractivity contribution is 0.0453. The molecular formula is C26H30F2N4O6. The minimum absolute atomic E-state index is 0.0336. The molecule has 3 aliphatic rings. The normalized spacial score (nSPS) is 22.9. The van der Waals surface area contributed by atoms with Crippen LogP contribution >= 0.6 is 0 Å². The molecule has 0 spiro atoms. The van der Waals surface area contributed by atoms with Gasteiger partial charge in [0.1, 0.15) is 5.60 Å². The van der Waals surface area contributed by atoms with E-state index in [0.29, 0.717) is 31.5 Å². The Morgan fingerprint density at radius 2 is 1.58 bits per heavy atom. The van der Waals surface area contributed by atoms with Crippen LogP contribution in [0.15, 0.2) is 24.5 Å². The average molecular weight is 533 g/mol. The van der Waals surface area contributed by atoms with E-state index in [1.54, 1.807) is 4.90 Å². The summed E-state index contributed by atoms with van der Waals surface area (Å²) >= 11 is 0. The number of carbonyl (C=O) groups is 2. The van der Waals surface area contributed by atoms with Crippen LogP contribution in [-0.4, -0.2) is 92.6 Å². The van der Waals surface area contributed by atoms with Crippen molar-refractivity contribution in [2.45, 2.75) is 50.4 Å². The number of likely N-dealkylation sites (tertiary alicyclic amines) is 2. The number of ether oxygens (including phenoxy) is 2. The summed E-state index contributed by atoms with van der Waals surface area (Å²) in [6.07, 6.45) is 3.23. The van der Waals surface area contributed by atoms with E-state index in [2.05, 4.69) is 9.97 Å². The molecule has 38 heavy (non-hydrogen) atoms. The predicted molar refractivity (Wildman–Crippen MR) is 129 cm³/mol. The van der Waals surface area contributed by atoms with Crippen LogP contribution in [0.1, 0.15) is 43.2 Å². The number of hydrogen-bond donors (Lipinski definition) is 2. The van der Waals surface area contributed by atoms with Crippen LogP contribution in [0.25, 0.3) is 11.1 Å². The first-order chi connectivity index (χ1) is 18.1. The topological polar surface area (TPSA) is 125 Å². The summed E-state index contributed by atoms with van der Waals surface area (Å²) in [5, 5.41) is 19.2. The fourth-order valence-electron chi connectivity index (χ4n) is 4.57. The van der Waals surface area contributed by atoms with Gasteiger partial charge in [-0.15, -0.1) is 0 Å². The van der Waals surface area contributed by atoms with E-state index in [-0.39, 0.29) is 48.7 Å². The molecule has 0 bridgehead atoms. The Hall–Kier alpha value is -3.38. The molecular weight excluding hydrogens is 502 g/mol. The SMILES string of the molecule is CC1(OC(=O)N2CCC(COc3c(F)cc(-c4cnc(C(=O)N5CC(O)C(O)C5)nc4)cc3F)CC2)CC1. The average Bonchev–Trinajstić information content (AvgIpc) is 3.53. The van der Waals surface area contributed by atoms with Crippen molar-refractivity contribution in [2.24, 2.45) is 5.92 Å². The highest BCUT2D eigenvalue weighted by molar-refractivity contribution is 5.91. The van der Waals surface area contributed by atoms with Crippen LogP contribution in [0.4, 0.5) is 13.6 Å². The molecule has 1 saturated carbocycles. The molecule has 2 aromatic rings. The molecule has 204 valence electrons. The van der Waals surface area contributed by atoms with Crippen molar-refractivity contribution < 1.29 is 38.1 Å². The zero-order valence-corrected chi connectivity index (χ0v) is 21.0. The van der Waals surface area contributed by atoms with Crippen molar-refractivity contribution in [3.05, 3.63) is 42.0 Å². The summed E-state index contributed by atoms with van der Waals surface area (Å²) in [4.78, 5) is 35.6. The van der Waals surface area contributed by atoms with Gasteiger partial charge in [0, 0.05) is 44.1 Å². The Labute approximate surface area is 218 Å². The predicted octanol–water partition coefficient (Wildman–Crippen LogP) is 2.38. The fourth-order valence-corrected chi connectivity index (χ4v) is 4.57. The minimum Gasteiger partial charge on any atom is -0.487 e. The lowest BCUT2D eigenvalue weighted by Gasteiger charge is -2.32. The number of nitrogens with zero attached hydrogens (tertiary/aromatic N) is 4. The summed E-state index contributed by atoms with van der Waals surface area (Å²) < 4.78 is 40.6. The molecule has 5 rings (SSSR count). The van der Waals surface area contributed by atoms with Gasteiger partial charge in [-0.3, -0.25) is 4.79 Å². The van der Waals surface area contributed by atoms with Crippen molar-refractivity contribution in [3.8, 4) is 16.9 Å². The molecule has 2 unspecified atom stereocenters. The lowest BCUT2D eigenvalue weighted by Crippen LogP contribution is -2.41. The Morgan fingerprint density at radius 1 is 1.00 bits per heavy atom. The molecule has 2 saturated heterocycles. The number of piperidine rings is 1. The van der Waals surface area contributed by atoms with Crippen LogP contribution in [0.3, 0.4) is 0 Å². The Bertz CT molecular complexity index is 1170. The minimum atomic E-state index is -1.03. The van der Waals surface area contributed by atoms with Gasteiger partial charge in [-0.1, -0.05) is 0 Å². The van der Waals surface area contributed by atoms with E-state index >= 15 is 0 Å². The van der Waals surface area contributed by atoms with Gasteiger partial charge in [0.15, 0.2) is 17.4 Å². The third kappa shape index (κ3) is 5.70. The highest BCUT2D eigenvalue weighted by Crippen LogP contribution is 2.39. The monoisotopic (exact) mass is 532 g/mol. The number of benzene rings is 1. The molecule has 2 aliphatic heterocycles. The molecule has 0 radical (unpaired) electrons. The van der Waals surface area contributed by atoms with Crippen molar-refractivity contribution >= 4 is 12.0 Å². The summed E-state index contributed by atoms with van der Waals surface area (Å²) in [6.45, 7) is 2.97. The highest BCUT2D eigenvalue weighted by Gasteiger charge is 2.43. The number of aromatic nitrogens is 2. The zero-order chi connectivity index (χ0) is 27.0. The number of amides is 2. The molecule has 2 amide bonds. The second kappa shape index (κ2) is 10.4. The van der Waals surface area contributed by atoms with E-state index in [0.717, 1.165) is 25.0 Å². The van der Waals surface area contributed by atoms with Gasteiger partial charge >= 0.3 is 6.09 Å². The molecule has 1 aromatic heterocycles.